The van der Waals surface area contributed by atoms with E-state index in [0.29, 0.717) is 0 Å². The molecule has 1 aromatic heterocycles. The van der Waals surface area contributed by atoms with Crippen LogP contribution in [0.25, 0.3) is 0 Å². The van der Waals surface area contributed by atoms with E-state index in [2.05, 4.69) is 0 Å². The molecular weight excluding hydrogens is 411 g/mol. The van der Waals surface area contributed by atoms with Gasteiger partial charge in [0.1, 0.15) is 0 Å². The van der Waals surface area contributed by atoms with Crippen molar-refractivity contribution < 1.29 is 57.7 Å². The van der Waals surface area contributed by atoms with Gasteiger partial charge in [0.2, 0.25) is 0 Å². The van der Waals surface area contributed by atoms with Gasteiger partial charge in [0, 0.05) is 0 Å². The molecule has 1 aromatic rings. The first-order valence-electron chi connectivity index (χ1n) is 4.46. The van der Waals surface area contributed by atoms with E-state index in [9.17, 15) is 14.4 Å². The third kappa shape index (κ3) is 70.1. The van der Waals surface area contributed by atoms with Crippen LogP contribution in [0, 0.1) is 0 Å². The molecule has 0 saturated heterocycles. The second-order valence-electron chi connectivity index (χ2n) is 2.90. The molecule has 24 heavy (non-hydrogen) atoms. The highest BCUT2D eigenvalue weighted by atomic mass is 31.2. The molecule has 1 heterocycles. The van der Waals surface area contributed by atoms with Gasteiger partial charge in [-0.3, -0.25) is 15.0 Å². The van der Waals surface area contributed by atoms with Crippen LogP contribution in [-0.4, -0.2) is 59.0 Å². The number of aromatic nitrogens is 3. The Morgan fingerprint density at radius 1 is 0.458 bits per heavy atom. The molecule has 0 fully saturated rings. The smallest absolute Gasteiger partial charge is 0.303 e. The zero-order valence-corrected chi connectivity index (χ0v) is 13.5. The Balaban J connectivity index is -0.000000259. The normalized spacial score (nSPS) is 10.9. The largest absolute Gasteiger partial charge is 0.466 e. The fourth-order valence-corrected chi connectivity index (χ4v) is 0.403. The summed E-state index contributed by atoms with van der Waals surface area (Å²) in [6, 6.07) is 0. The van der Waals surface area contributed by atoms with Crippen LogP contribution >= 0.6 is 23.5 Å². The average molecular weight is 423 g/mol. The van der Waals surface area contributed by atoms with Crippen LogP contribution in [0.15, 0.2) is 14.4 Å². The molecule has 0 aliphatic rings. The maximum absolute atomic E-state index is 10.2. The van der Waals surface area contributed by atoms with Gasteiger partial charge < -0.3 is 44.0 Å². The van der Waals surface area contributed by atoms with E-state index < -0.39 is 40.5 Å². The van der Waals surface area contributed by atoms with Crippen LogP contribution in [0.1, 0.15) is 0 Å². The molecule has 21 heteroatoms. The molecule has 0 bridgehead atoms. The Morgan fingerprint density at radius 2 is 0.542 bits per heavy atom. The van der Waals surface area contributed by atoms with Gasteiger partial charge in [0.15, 0.2) is 0 Å². The first-order chi connectivity index (χ1) is 10.2. The van der Waals surface area contributed by atoms with Crippen LogP contribution in [0.3, 0.4) is 0 Å². The van der Waals surface area contributed by atoms with E-state index in [1.54, 1.807) is 15.0 Å². The zero-order valence-electron chi connectivity index (χ0n) is 10.8. The van der Waals surface area contributed by atoms with Crippen molar-refractivity contribution in [3.8, 4) is 0 Å². The van der Waals surface area contributed by atoms with Crippen LogP contribution in [0.4, 0.5) is 0 Å². The maximum Gasteiger partial charge on any atom is 0.466 e. The maximum atomic E-state index is 10.2. The summed E-state index contributed by atoms with van der Waals surface area (Å²) in [6.45, 7) is 0. The lowest BCUT2D eigenvalue weighted by Gasteiger charge is -1.82. The van der Waals surface area contributed by atoms with Crippen LogP contribution < -0.4 is 17.1 Å². The molecule has 144 valence electrons. The Bertz CT molecular complexity index is 618. The van der Waals surface area contributed by atoms with Gasteiger partial charge in [-0.25, -0.2) is 28.1 Å². The van der Waals surface area contributed by atoms with E-state index in [0.717, 1.165) is 0 Å². The quantitative estimate of drug-likeness (QED) is 0.174. The predicted octanol–water partition coefficient (Wildman–Crippen LogP) is -5.03. The number of H-pyrrole nitrogens is 3. The number of nitrogens with one attached hydrogen (secondary N) is 3. The molecule has 0 saturated carbocycles. The summed E-state index contributed by atoms with van der Waals surface area (Å²) >= 11 is 0. The van der Waals surface area contributed by atoms with E-state index in [1.807, 2.05) is 0 Å². The summed E-state index contributed by atoms with van der Waals surface area (Å²) in [5, 5.41) is 0. The van der Waals surface area contributed by atoms with Crippen molar-refractivity contribution in [2.24, 2.45) is 0 Å². The minimum atomic E-state index is -4.64. The lowest BCUT2D eigenvalue weighted by molar-refractivity contribution is 0.272. The average Bonchev–Trinajstić information content (AvgIpc) is 2.04. The van der Waals surface area contributed by atoms with Crippen LogP contribution in [0.5, 0.6) is 0 Å². The monoisotopic (exact) mass is 423 g/mol. The van der Waals surface area contributed by atoms with E-state index >= 15 is 0 Å². The summed E-state index contributed by atoms with van der Waals surface area (Å²) in [7, 11) is -13.9. The molecule has 0 aliphatic carbocycles. The molecule has 1 rings (SSSR count). The third-order valence-electron chi connectivity index (χ3n) is 0.681. The summed E-state index contributed by atoms with van der Waals surface area (Å²) < 4.78 is 26.6. The summed E-state index contributed by atoms with van der Waals surface area (Å²) in [5.74, 6) is 0. The van der Waals surface area contributed by atoms with Crippen molar-refractivity contribution in [1.82, 2.24) is 15.0 Å². The van der Waals surface area contributed by atoms with Gasteiger partial charge in [0.05, 0.1) is 0 Å². The fourth-order valence-electron chi connectivity index (χ4n) is 0.403. The molecule has 0 aromatic carbocycles. The van der Waals surface area contributed by atoms with Gasteiger partial charge in [-0.15, -0.1) is 0 Å². The van der Waals surface area contributed by atoms with Crippen molar-refractivity contribution in [3.63, 3.8) is 0 Å². The van der Waals surface area contributed by atoms with Crippen LogP contribution in [0.2, 0.25) is 0 Å². The molecule has 18 nitrogen and oxygen atoms in total. The number of rotatable bonds is 0. The second kappa shape index (κ2) is 11.3. The Hall–Kier alpha value is -1.26. The topological polar surface area (TPSA) is 332 Å². The highest BCUT2D eigenvalue weighted by Gasteiger charge is 2.01. The number of aromatic amines is 3. The lowest BCUT2D eigenvalue weighted by atomic mass is 11.0. The summed E-state index contributed by atoms with van der Waals surface area (Å²) in [4.78, 5) is 101. The molecule has 0 atom stereocenters. The minimum absolute atomic E-state index is 0.802. The Labute approximate surface area is 128 Å². The van der Waals surface area contributed by atoms with Crippen molar-refractivity contribution >= 4 is 23.5 Å². The lowest BCUT2D eigenvalue weighted by Crippen LogP contribution is -2.34. The van der Waals surface area contributed by atoms with Crippen molar-refractivity contribution in [3.05, 3.63) is 31.5 Å². The molecule has 0 unspecified atom stereocenters. The molecule has 12 N–H and O–H groups in total. The van der Waals surface area contributed by atoms with Gasteiger partial charge in [-0.1, -0.05) is 0 Å². The van der Waals surface area contributed by atoms with Crippen molar-refractivity contribution in [2.75, 3.05) is 0 Å². The van der Waals surface area contributed by atoms with Gasteiger partial charge in [-0.2, -0.15) is 0 Å². The fraction of sp³-hybridized carbons (Fsp3) is 0. The molecule has 0 amide bonds. The van der Waals surface area contributed by atoms with Gasteiger partial charge in [0.25, 0.3) is 0 Å². The second-order valence-corrected chi connectivity index (χ2v) is 5.98. The van der Waals surface area contributed by atoms with E-state index in [4.69, 9.17) is 57.7 Å². The van der Waals surface area contributed by atoms with Gasteiger partial charge >= 0.3 is 40.5 Å². The minimum Gasteiger partial charge on any atom is -0.303 e. The summed E-state index contributed by atoms with van der Waals surface area (Å²) in [5.41, 5.74) is -2.41. The molecule has 0 aliphatic heterocycles. The Morgan fingerprint density at radius 3 is 0.625 bits per heavy atom. The van der Waals surface area contributed by atoms with Crippen molar-refractivity contribution in [2.45, 2.75) is 0 Å². The molecule has 0 radical (unpaired) electrons. The van der Waals surface area contributed by atoms with Gasteiger partial charge in [-0.05, 0) is 0 Å². The first kappa shape index (κ1) is 27.6. The Kier molecular flexibility index (Phi) is 13.0. The SMILES string of the molecule is O=P(O)(O)O.O=P(O)(O)O.O=P(O)(O)O.O=c1[nH]c(=O)[nH]c(=O)[nH]1. The number of hydrogen-bond acceptors (Lipinski definition) is 6. The van der Waals surface area contributed by atoms with E-state index in [-0.39, 0.29) is 0 Å². The van der Waals surface area contributed by atoms with Crippen molar-refractivity contribution in [1.29, 1.82) is 0 Å². The zero-order chi connectivity index (χ0) is 20.4. The molecular formula is C3H12N3O15P3. The third-order valence-corrected chi connectivity index (χ3v) is 0.681. The highest BCUT2D eigenvalue weighted by Crippen LogP contribution is 2.26. The van der Waals surface area contributed by atoms with E-state index in [1.165, 1.54) is 0 Å². The number of hydrogen-bond donors (Lipinski definition) is 12. The highest BCUT2D eigenvalue weighted by molar-refractivity contribution is 7.45. The number of phosphoric acid groups is 3. The van der Waals surface area contributed by atoms with Crippen LogP contribution in [-0.2, 0) is 13.7 Å². The molecule has 0 spiro atoms. The predicted molar refractivity (Wildman–Crippen MR) is 71.1 cm³/mol. The summed E-state index contributed by atoms with van der Waals surface area (Å²) in [6.07, 6.45) is 0. The standard InChI is InChI=1S/C3H3N3O3.3H3O4P/c7-1-4-2(8)6-3(9)5-1;3*1-5(2,3)4/h(H3,4,5,6,7,8,9);3*(H3,1,2,3,4). The first-order valence-corrected chi connectivity index (χ1v) is 9.16.